The van der Waals surface area contributed by atoms with Crippen LogP contribution in [0.25, 0.3) is 0 Å². The monoisotopic (exact) mass is 222 g/mol. The fourth-order valence-corrected chi connectivity index (χ4v) is 0. The summed E-state index contributed by atoms with van der Waals surface area (Å²) < 4.78 is 0. The van der Waals surface area contributed by atoms with Crippen molar-refractivity contribution < 1.29 is 73.5 Å². The van der Waals surface area contributed by atoms with E-state index in [4.69, 9.17) is 0 Å². The Bertz CT molecular complexity index is 6.00. The van der Waals surface area contributed by atoms with E-state index in [1.807, 2.05) is 0 Å². The van der Waals surface area contributed by atoms with Crippen LogP contribution in [0.3, 0.4) is 0 Å². The van der Waals surface area contributed by atoms with Crippen LogP contribution >= 0.6 is 0 Å². The summed E-state index contributed by atoms with van der Waals surface area (Å²) in [5, 5.41) is 0. The fraction of sp³-hybridized carbons (Fsp3) is 0. The van der Waals surface area contributed by atoms with Gasteiger partial charge in [0.2, 0.25) is 0 Å². The van der Waals surface area contributed by atoms with Gasteiger partial charge in [0, 0.05) is 0 Å². The van der Waals surface area contributed by atoms with E-state index in [1.165, 1.54) is 0 Å². The minimum absolute atomic E-state index is 0. The van der Waals surface area contributed by atoms with Gasteiger partial charge in [0.1, 0.15) is 0 Å². The molecular weight excluding hydrogens is 224 g/mol. The van der Waals surface area contributed by atoms with Crippen molar-refractivity contribution >= 4 is 0 Å². The zero-order valence-electron chi connectivity index (χ0n) is 1.82. The first-order chi connectivity index (χ1) is 0. The van der Waals surface area contributed by atoms with Gasteiger partial charge >= 0.3 is 62.6 Å². The molecular formula is NdO2Ti+3. The maximum absolute atomic E-state index is 0. The van der Waals surface area contributed by atoms with Crippen LogP contribution in [0.4, 0.5) is 0 Å². The SMILES string of the molecule is [Nd+3].[O-2].[O-2].[Ti+4]. The van der Waals surface area contributed by atoms with Crippen molar-refractivity contribution in [3.63, 3.8) is 0 Å². The second-order valence-corrected chi connectivity index (χ2v) is 0. The maximum Gasteiger partial charge on any atom is 4.00 e. The predicted molar refractivity (Wildman–Crippen MR) is 1.37 cm³/mol. The van der Waals surface area contributed by atoms with E-state index in [-0.39, 0.29) is 73.5 Å². The molecule has 0 bridgehead atoms. The summed E-state index contributed by atoms with van der Waals surface area (Å²) in [5.74, 6) is 0. The molecule has 0 N–H and O–H groups in total. The second kappa shape index (κ2) is 20.1. The van der Waals surface area contributed by atoms with Crippen molar-refractivity contribution in [1.82, 2.24) is 0 Å². The molecule has 2 nitrogen and oxygen atoms in total. The third kappa shape index (κ3) is 9.01. The summed E-state index contributed by atoms with van der Waals surface area (Å²) in [7, 11) is 0. The first-order valence-corrected chi connectivity index (χ1v) is 0. The van der Waals surface area contributed by atoms with Gasteiger partial charge in [0.15, 0.2) is 0 Å². The molecule has 4 heteroatoms. The minimum atomic E-state index is 0. The van der Waals surface area contributed by atoms with Crippen molar-refractivity contribution in [3.05, 3.63) is 0 Å². The molecule has 0 saturated heterocycles. The van der Waals surface area contributed by atoms with Crippen molar-refractivity contribution in [2.45, 2.75) is 0 Å². The summed E-state index contributed by atoms with van der Waals surface area (Å²) in [6, 6.07) is 0. The molecule has 0 fully saturated rings. The van der Waals surface area contributed by atoms with Crippen LogP contribution in [0.15, 0.2) is 0 Å². The van der Waals surface area contributed by atoms with Crippen molar-refractivity contribution in [1.29, 1.82) is 0 Å². The average molecular weight is 224 g/mol. The summed E-state index contributed by atoms with van der Waals surface area (Å²) in [5.41, 5.74) is 0. The third-order valence-corrected chi connectivity index (χ3v) is 0. The van der Waals surface area contributed by atoms with Gasteiger partial charge in [-0.2, -0.15) is 0 Å². The normalized spacial score (nSPS) is 0. The van der Waals surface area contributed by atoms with Crippen LogP contribution in [0, 0.1) is 40.8 Å². The van der Waals surface area contributed by atoms with Crippen LogP contribution in [-0.2, 0) is 32.7 Å². The van der Waals surface area contributed by atoms with Gasteiger partial charge < -0.3 is 11.0 Å². The number of hydrogen-bond donors (Lipinski definition) is 0. The van der Waals surface area contributed by atoms with Crippen LogP contribution in [-0.4, -0.2) is 0 Å². The zero-order chi connectivity index (χ0) is 0. The molecule has 0 saturated carbocycles. The molecule has 0 aliphatic rings. The van der Waals surface area contributed by atoms with E-state index in [2.05, 4.69) is 0 Å². The van der Waals surface area contributed by atoms with Crippen LogP contribution in [0.2, 0.25) is 0 Å². The summed E-state index contributed by atoms with van der Waals surface area (Å²) >= 11 is 0. The fourth-order valence-electron chi connectivity index (χ4n) is 0. The van der Waals surface area contributed by atoms with E-state index in [0.29, 0.717) is 0 Å². The van der Waals surface area contributed by atoms with E-state index in [0.717, 1.165) is 0 Å². The topological polar surface area (TPSA) is 57.0 Å². The standard InChI is InChI=1S/Nd.2O.Ti/q+3;2*-2;+4. The predicted octanol–water partition coefficient (Wildman–Crippen LogP) is -0.240. The Morgan fingerprint density at radius 1 is 0.750 bits per heavy atom. The molecule has 0 heterocycles. The Kier molecular flexibility index (Phi) is 190. The molecule has 0 aromatic carbocycles. The Hall–Kier alpha value is 1.98. The molecule has 0 aromatic rings. The smallest absolute Gasteiger partial charge is 2.00 e. The molecule has 17 valence electrons. The quantitative estimate of drug-likeness (QED) is 0.510. The molecule has 0 aliphatic heterocycles. The van der Waals surface area contributed by atoms with E-state index >= 15 is 0 Å². The number of rotatable bonds is 0. The van der Waals surface area contributed by atoms with E-state index in [1.54, 1.807) is 0 Å². The van der Waals surface area contributed by atoms with E-state index in [9.17, 15) is 0 Å². The summed E-state index contributed by atoms with van der Waals surface area (Å²) in [4.78, 5) is 0. The molecule has 0 spiro atoms. The molecule has 0 aliphatic carbocycles. The van der Waals surface area contributed by atoms with Gasteiger partial charge in [0.25, 0.3) is 0 Å². The molecule has 0 amide bonds. The van der Waals surface area contributed by atoms with Gasteiger partial charge in [-0.1, -0.05) is 0 Å². The third-order valence-electron chi connectivity index (χ3n) is 0. The average Bonchev–Trinajstić information content (AvgIpc) is 0. The van der Waals surface area contributed by atoms with Gasteiger partial charge in [-0.05, 0) is 0 Å². The zero-order valence-corrected chi connectivity index (χ0v) is 6.59. The van der Waals surface area contributed by atoms with Gasteiger partial charge in [-0.15, -0.1) is 0 Å². The Morgan fingerprint density at radius 3 is 0.750 bits per heavy atom. The van der Waals surface area contributed by atoms with Crippen molar-refractivity contribution in [3.8, 4) is 0 Å². The molecule has 0 atom stereocenters. The first-order valence-electron chi connectivity index (χ1n) is 0. The molecule has 1 radical (unpaired) electrons. The van der Waals surface area contributed by atoms with Crippen molar-refractivity contribution in [2.24, 2.45) is 0 Å². The van der Waals surface area contributed by atoms with Crippen LogP contribution in [0.1, 0.15) is 0 Å². The van der Waals surface area contributed by atoms with Gasteiger partial charge in [-0.3, -0.25) is 0 Å². The largest absolute Gasteiger partial charge is 4.00 e. The van der Waals surface area contributed by atoms with Crippen LogP contribution < -0.4 is 0 Å². The minimum Gasteiger partial charge on any atom is -2.00 e. The molecule has 4 heavy (non-hydrogen) atoms. The first kappa shape index (κ1) is 37.7. The maximum atomic E-state index is 0. The Morgan fingerprint density at radius 2 is 0.750 bits per heavy atom. The molecule has 0 aromatic heterocycles. The Balaban J connectivity index is 0. The second-order valence-electron chi connectivity index (χ2n) is 0. The van der Waals surface area contributed by atoms with Crippen LogP contribution in [0.5, 0.6) is 0 Å². The van der Waals surface area contributed by atoms with Gasteiger partial charge in [0.05, 0.1) is 0 Å². The van der Waals surface area contributed by atoms with Gasteiger partial charge in [-0.25, -0.2) is 0 Å². The van der Waals surface area contributed by atoms with Crippen molar-refractivity contribution in [2.75, 3.05) is 0 Å². The molecule has 0 unspecified atom stereocenters. The number of hydrogen-bond acceptors (Lipinski definition) is 0. The van der Waals surface area contributed by atoms with E-state index < -0.39 is 0 Å². The summed E-state index contributed by atoms with van der Waals surface area (Å²) in [6.07, 6.45) is 0. The molecule has 0 rings (SSSR count). The summed E-state index contributed by atoms with van der Waals surface area (Å²) in [6.45, 7) is 0. The Labute approximate surface area is 72.4 Å².